The fourth-order valence-corrected chi connectivity index (χ4v) is 7.21. The number of anilines is 1. The normalized spacial score (nSPS) is 16.1. The summed E-state index contributed by atoms with van der Waals surface area (Å²) < 4.78 is 21.6. The molecule has 1 unspecified atom stereocenters. The zero-order valence-electron chi connectivity index (χ0n) is 25.6. The summed E-state index contributed by atoms with van der Waals surface area (Å²) in [6.07, 6.45) is 4.93. The van der Waals surface area contributed by atoms with Gasteiger partial charge in [0.25, 0.3) is 5.78 Å². The van der Waals surface area contributed by atoms with E-state index in [9.17, 15) is 19.1 Å². The van der Waals surface area contributed by atoms with Gasteiger partial charge < -0.3 is 14.2 Å². The molecule has 0 spiro atoms. The monoisotopic (exact) mass is 657 g/mol. The maximum Gasteiger partial charge on any atom is 0.301 e. The predicted molar refractivity (Wildman–Crippen MR) is 177 cm³/mol. The zero-order chi connectivity index (χ0) is 32.4. The van der Waals surface area contributed by atoms with Gasteiger partial charge in [0.05, 0.1) is 23.9 Å². The topological polar surface area (TPSA) is 110 Å². The second-order valence-electron chi connectivity index (χ2n) is 11.0. The molecule has 1 aliphatic rings. The first-order valence-electron chi connectivity index (χ1n) is 15.0. The first kappa shape index (κ1) is 31.4. The Morgan fingerprint density at radius 1 is 1.04 bits per heavy atom. The largest absolute Gasteiger partial charge is 0.505 e. The van der Waals surface area contributed by atoms with Crippen LogP contribution in [0.25, 0.3) is 11.4 Å². The zero-order valence-corrected chi connectivity index (χ0v) is 27.2. The molecule has 0 bridgehead atoms. The van der Waals surface area contributed by atoms with Gasteiger partial charge in [-0.15, -0.1) is 10.2 Å². The number of aliphatic hydroxyl groups excluding tert-OH is 1. The number of fused-ring (bicyclic) bond motifs is 1. The lowest BCUT2D eigenvalue weighted by Gasteiger charge is -2.22. The van der Waals surface area contributed by atoms with Gasteiger partial charge in [-0.3, -0.25) is 14.5 Å². The van der Waals surface area contributed by atoms with Gasteiger partial charge in [0, 0.05) is 11.9 Å². The van der Waals surface area contributed by atoms with E-state index in [1.165, 1.54) is 28.8 Å². The van der Waals surface area contributed by atoms with Crippen molar-refractivity contribution in [2.75, 3.05) is 11.5 Å². The molecule has 1 aliphatic heterocycles. The van der Waals surface area contributed by atoms with Gasteiger partial charge in [-0.1, -0.05) is 73.2 Å². The third-order valence-corrected chi connectivity index (χ3v) is 9.97. The van der Waals surface area contributed by atoms with Crippen LogP contribution in [0.2, 0.25) is 0 Å². The lowest BCUT2D eigenvalue weighted by molar-refractivity contribution is -0.132. The fourth-order valence-electron chi connectivity index (χ4n) is 5.39. The van der Waals surface area contributed by atoms with E-state index in [-0.39, 0.29) is 28.0 Å². The number of ether oxygens (including phenoxy) is 1. The quantitative estimate of drug-likeness (QED) is 0.0390. The van der Waals surface area contributed by atoms with Gasteiger partial charge >= 0.3 is 5.91 Å². The molecule has 1 amide bonds. The Bertz CT molecular complexity index is 1940. The lowest BCUT2D eigenvalue weighted by atomic mass is 9.96. The number of aryl methyl sites for hydroxylation is 2. The number of hydrogen-bond donors (Lipinski definition) is 1. The Balaban J connectivity index is 1.39. The molecule has 9 nitrogen and oxygen atoms in total. The predicted octanol–water partition coefficient (Wildman–Crippen LogP) is 7.43. The third-order valence-electron chi connectivity index (χ3n) is 7.84. The van der Waals surface area contributed by atoms with Gasteiger partial charge in [-0.2, -0.15) is 0 Å². The summed E-state index contributed by atoms with van der Waals surface area (Å²) in [7, 11) is 0. The second kappa shape index (κ2) is 13.4. The number of benzene rings is 2. The summed E-state index contributed by atoms with van der Waals surface area (Å²) in [5.74, 6) is -1.15. The lowest BCUT2D eigenvalue weighted by Crippen LogP contribution is -2.29. The van der Waals surface area contributed by atoms with Crippen molar-refractivity contribution in [3.8, 4) is 5.75 Å². The second-order valence-corrected chi connectivity index (χ2v) is 13.2. The van der Waals surface area contributed by atoms with E-state index < -0.39 is 17.7 Å². The molecule has 12 heteroatoms. The molecule has 5 aromatic rings. The van der Waals surface area contributed by atoms with Crippen LogP contribution in [0, 0.1) is 19.7 Å². The molecule has 1 fully saturated rings. The highest BCUT2D eigenvalue weighted by molar-refractivity contribution is 8.00. The van der Waals surface area contributed by atoms with Crippen LogP contribution in [0.4, 0.5) is 9.52 Å². The summed E-state index contributed by atoms with van der Waals surface area (Å²) in [5.41, 5.74) is 3.81. The van der Waals surface area contributed by atoms with Crippen LogP contribution < -0.4 is 9.64 Å². The van der Waals surface area contributed by atoms with Gasteiger partial charge in [-0.05, 0) is 67.3 Å². The first-order valence-corrected chi connectivity index (χ1v) is 16.8. The summed E-state index contributed by atoms with van der Waals surface area (Å²) in [5, 5.41) is 20.5. The number of aliphatic hydroxyl groups is 1. The third kappa shape index (κ3) is 6.14. The standard InChI is InChI=1S/C34H32FN5O4S2/c1-4-5-6-18-44-25-15-11-23(12-16-25)28-26(29(41)27-21(3)39-17-7-8-20(2)31(39)36-27)30(42)32(43)40(28)33-37-38-34(46-33)45-19-22-9-13-24(35)14-10-22/h7-17,28,41H,4-6,18-19H2,1-3H3. The number of hydrogen-bond acceptors (Lipinski definition) is 9. The molecule has 0 saturated carbocycles. The number of unbranched alkanes of at least 4 members (excludes halogenated alkanes) is 2. The molecular formula is C34H32FN5O4S2. The van der Waals surface area contributed by atoms with Crippen molar-refractivity contribution in [2.45, 2.75) is 56.2 Å². The number of pyridine rings is 1. The summed E-state index contributed by atoms with van der Waals surface area (Å²) in [6.45, 7) is 6.43. The van der Waals surface area contributed by atoms with Crippen LogP contribution in [0.3, 0.4) is 0 Å². The van der Waals surface area contributed by atoms with Crippen molar-refractivity contribution in [2.24, 2.45) is 0 Å². The van der Waals surface area contributed by atoms with E-state index in [1.54, 1.807) is 43.3 Å². The number of carbonyl (C=O) groups is 2. The van der Waals surface area contributed by atoms with Gasteiger partial charge in [0.1, 0.15) is 22.9 Å². The number of carbonyl (C=O) groups excluding carboxylic acids is 2. The highest BCUT2D eigenvalue weighted by Crippen LogP contribution is 2.44. The number of Topliss-reactive ketones (excluding diaryl/α,β-unsaturated/α-hetero) is 1. The molecule has 2 aromatic carbocycles. The van der Waals surface area contributed by atoms with Crippen LogP contribution in [-0.2, 0) is 15.3 Å². The summed E-state index contributed by atoms with van der Waals surface area (Å²) in [4.78, 5) is 33.4. The Labute approximate surface area is 273 Å². The van der Waals surface area contributed by atoms with Crippen molar-refractivity contribution in [1.82, 2.24) is 19.6 Å². The SMILES string of the molecule is CCCCCOc1ccc(C2C(=C(O)c3nc4c(C)cccn4c3C)C(=O)C(=O)N2c2nnc(SCc3ccc(F)cc3)s2)cc1. The molecule has 1 N–H and O–H groups in total. The fraction of sp³-hybridized carbons (Fsp3) is 0.265. The highest BCUT2D eigenvalue weighted by Gasteiger charge is 2.49. The Morgan fingerprint density at radius 3 is 2.52 bits per heavy atom. The number of aromatic nitrogens is 4. The Kier molecular flexibility index (Phi) is 9.18. The molecule has 4 heterocycles. The van der Waals surface area contributed by atoms with Crippen LogP contribution in [-0.4, -0.2) is 43.0 Å². The van der Waals surface area contributed by atoms with Crippen molar-refractivity contribution < 1.29 is 23.8 Å². The smallest absolute Gasteiger partial charge is 0.301 e. The van der Waals surface area contributed by atoms with E-state index in [0.29, 0.717) is 39.4 Å². The van der Waals surface area contributed by atoms with E-state index in [4.69, 9.17) is 4.74 Å². The molecule has 236 valence electrons. The van der Waals surface area contributed by atoms with E-state index in [2.05, 4.69) is 22.1 Å². The van der Waals surface area contributed by atoms with Crippen LogP contribution in [0.15, 0.2) is 76.8 Å². The molecule has 0 aliphatic carbocycles. The highest BCUT2D eigenvalue weighted by atomic mass is 32.2. The van der Waals surface area contributed by atoms with Crippen molar-refractivity contribution in [1.29, 1.82) is 0 Å². The first-order chi connectivity index (χ1) is 22.3. The minimum absolute atomic E-state index is 0.0820. The van der Waals surface area contributed by atoms with Gasteiger partial charge in [-0.25, -0.2) is 9.37 Å². The van der Waals surface area contributed by atoms with E-state index in [1.807, 2.05) is 29.7 Å². The Hall–Kier alpha value is -4.55. The minimum Gasteiger partial charge on any atom is -0.505 e. The molecule has 6 rings (SSSR count). The molecule has 0 radical (unpaired) electrons. The number of ketones is 1. The summed E-state index contributed by atoms with van der Waals surface area (Å²) >= 11 is 2.55. The number of imidazole rings is 1. The number of amides is 1. The van der Waals surface area contributed by atoms with Crippen molar-refractivity contribution >= 4 is 51.3 Å². The average molecular weight is 658 g/mol. The molecule has 1 atom stereocenters. The number of nitrogens with zero attached hydrogens (tertiary/aromatic N) is 5. The molecule has 3 aromatic heterocycles. The van der Waals surface area contributed by atoms with Crippen LogP contribution in [0.1, 0.15) is 60.3 Å². The van der Waals surface area contributed by atoms with E-state index in [0.717, 1.165) is 41.7 Å². The number of halogens is 1. The van der Waals surface area contributed by atoms with Crippen molar-refractivity contribution in [3.05, 3.63) is 106 Å². The maximum atomic E-state index is 13.7. The maximum absolute atomic E-state index is 13.7. The van der Waals surface area contributed by atoms with Gasteiger partial charge in [0.15, 0.2) is 10.1 Å². The van der Waals surface area contributed by atoms with E-state index >= 15 is 0 Å². The number of rotatable bonds is 11. The molecular weight excluding hydrogens is 626 g/mol. The molecule has 46 heavy (non-hydrogen) atoms. The van der Waals surface area contributed by atoms with Crippen LogP contribution >= 0.6 is 23.1 Å². The number of thioether (sulfide) groups is 1. The average Bonchev–Trinajstić information content (AvgIpc) is 3.74. The molecule has 1 saturated heterocycles. The minimum atomic E-state index is -0.984. The summed E-state index contributed by atoms with van der Waals surface area (Å²) in [6, 6.07) is 16.2. The van der Waals surface area contributed by atoms with Crippen LogP contribution in [0.5, 0.6) is 5.75 Å². The Morgan fingerprint density at radius 2 is 1.80 bits per heavy atom. The van der Waals surface area contributed by atoms with Crippen molar-refractivity contribution in [3.63, 3.8) is 0 Å². The van der Waals surface area contributed by atoms with Gasteiger partial charge in [0.2, 0.25) is 5.13 Å².